The average Bonchev–Trinajstić information content (AvgIpc) is 2.86. The van der Waals surface area contributed by atoms with Crippen molar-refractivity contribution in [3.05, 3.63) is 65.2 Å². The van der Waals surface area contributed by atoms with E-state index in [1.54, 1.807) is 60.7 Å². The van der Waals surface area contributed by atoms with Crippen LogP contribution in [0.4, 0.5) is 5.69 Å². The predicted molar refractivity (Wildman–Crippen MR) is 137 cm³/mol. The maximum absolute atomic E-state index is 13.2. The number of methoxy groups -OCH3 is 5. The molecule has 0 amide bonds. The van der Waals surface area contributed by atoms with Gasteiger partial charge in [0.2, 0.25) is 5.75 Å². The summed E-state index contributed by atoms with van der Waals surface area (Å²) in [6, 6.07) is 13.6. The fourth-order valence-electron chi connectivity index (χ4n) is 3.48. The number of sulfonamides is 1. The lowest BCUT2D eigenvalue weighted by atomic mass is 10.1. The standard InChI is InChI=1S/C26H29NO7S/c1-17-7-12-20(13-8-17)35(28,29)27-24-19(11-14-21(30-2)26(24)34-6)10-9-18-15-22(31-3)25(33-5)23(16-18)32-4/h7-16,27H,1-6H3/b10-9-. The van der Waals surface area contributed by atoms with Gasteiger partial charge in [0, 0.05) is 5.56 Å². The number of hydrogen-bond acceptors (Lipinski definition) is 7. The van der Waals surface area contributed by atoms with Gasteiger partial charge in [-0.2, -0.15) is 0 Å². The topological polar surface area (TPSA) is 92.3 Å². The lowest BCUT2D eigenvalue weighted by Crippen LogP contribution is -2.15. The van der Waals surface area contributed by atoms with Crippen molar-refractivity contribution in [2.75, 3.05) is 40.3 Å². The Labute approximate surface area is 206 Å². The van der Waals surface area contributed by atoms with Gasteiger partial charge in [0.05, 0.1) is 40.4 Å². The molecule has 0 fully saturated rings. The lowest BCUT2D eigenvalue weighted by molar-refractivity contribution is 0.324. The number of anilines is 1. The van der Waals surface area contributed by atoms with Gasteiger partial charge >= 0.3 is 0 Å². The van der Waals surface area contributed by atoms with Crippen molar-refractivity contribution in [1.29, 1.82) is 0 Å². The molecule has 0 atom stereocenters. The van der Waals surface area contributed by atoms with Crippen molar-refractivity contribution in [3.8, 4) is 28.7 Å². The van der Waals surface area contributed by atoms with Crippen LogP contribution in [0.25, 0.3) is 12.2 Å². The highest BCUT2D eigenvalue weighted by atomic mass is 32.2. The summed E-state index contributed by atoms with van der Waals surface area (Å²) < 4.78 is 56.1. The molecule has 0 aliphatic heterocycles. The summed E-state index contributed by atoms with van der Waals surface area (Å²) in [4.78, 5) is 0.132. The molecule has 3 aromatic carbocycles. The number of aryl methyl sites for hydroxylation is 1. The first-order chi connectivity index (χ1) is 16.8. The quantitative estimate of drug-likeness (QED) is 0.392. The first-order valence-electron chi connectivity index (χ1n) is 10.6. The van der Waals surface area contributed by atoms with E-state index in [1.165, 1.54) is 35.5 Å². The van der Waals surface area contributed by atoms with Gasteiger partial charge in [-0.3, -0.25) is 4.72 Å². The third kappa shape index (κ3) is 5.63. The van der Waals surface area contributed by atoms with Gasteiger partial charge in [-0.15, -0.1) is 0 Å². The molecule has 0 spiro atoms. The van der Waals surface area contributed by atoms with Gasteiger partial charge < -0.3 is 23.7 Å². The van der Waals surface area contributed by atoms with Crippen LogP contribution in [0.5, 0.6) is 28.7 Å². The molecule has 0 unspecified atom stereocenters. The maximum atomic E-state index is 13.2. The Balaban J connectivity index is 2.10. The number of ether oxygens (including phenoxy) is 5. The molecule has 0 heterocycles. The minimum absolute atomic E-state index is 0.132. The van der Waals surface area contributed by atoms with Crippen LogP contribution in [-0.2, 0) is 10.0 Å². The van der Waals surface area contributed by atoms with Gasteiger partial charge in [-0.1, -0.05) is 29.8 Å². The number of hydrogen-bond donors (Lipinski definition) is 1. The van der Waals surface area contributed by atoms with Crippen LogP contribution in [-0.4, -0.2) is 44.0 Å². The van der Waals surface area contributed by atoms with Crippen molar-refractivity contribution in [3.63, 3.8) is 0 Å². The van der Waals surface area contributed by atoms with Gasteiger partial charge in [-0.05, 0) is 48.9 Å². The van der Waals surface area contributed by atoms with Crippen LogP contribution in [0, 0.1) is 6.92 Å². The Bertz CT molecular complexity index is 1290. The molecular weight excluding hydrogens is 470 g/mol. The van der Waals surface area contributed by atoms with E-state index in [9.17, 15) is 8.42 Å². The summed E-state index contributed by atoms with van der Waals surface area (Å²) in [6.45, 7) is 1.89. The van der Waals surface area contributed by atoms with Crippen LogP contribution in [0.1, 0.15) is 16.7 Å². The van der Waals surface area contributed by atoms with Crippen molar-refractivity contribution < 1.29 is 32.1 Å². The van der Waals surface area contributed by atoms with Crippen molar-refractivity contribution in [1.82, 2.24) is 0 Å². The van der Waals surface area contributed by atoms with Gasteiger partial charge in [0.1, 0.15) is 5.69 Å². The number of benzene rings is 3. The van der Waals surface area contributed by atoms with Crippen LogP contribution >= 0.6 is 0 Å². The highest BCUT2D eigenvalue weighted by Crippen LogP contribution is 2.41. The van der Waals surface area contributed by atoms with Crippen molar-refractivity contribution in [2.24, 2.45) is 0 Å². The van der Waals surface area contributed by atoms with E-state index < -0.39 is 10.0 Å². The number of rotatable bonds is 10. The second-order valence-electron chi connectivity index (χ2n) is 7.48. The molecule has 35 heavy (non-hydrogen) atoms. The Morgan fingerprint density at radius 3 is 1.77 bits per heavy atom. The van der Waals surface area contributed by atoms with E-state index in [1.807, 2.05) is 6.92 Å². The normalized spacial score (nSPS) is 11.3. The number of nitrogens with one attached hydrogen (secondary N) is 1. The molecule has 186 valence electrons. The van der Waals surface area contributed by atoms with E-state index in [0.717, 1.165) is 11.1 Å². The predicted octanol–water partition coefficient (Wildman–Crippen LogP) is 5.01. The molecule has 0 bridgehead atoms. The molecule has 0 radical (unpaired) electrons. The monoisotopic (exact) mass is 499 g/mol. The first kappa shape index (κ1) is 25.8. The van der Waals surface area contributed by atoms with Crippen LogP contribution in [0.2, 0.25) is 0 Å². The minimum atomic E-state index is -3.90. The van der Waals surface area contributed by atoms with Crippen molar-refractivity contribution >= 4 is 27.9 Å². The third-order valence-electron chi connectivity index (χ3n) is 5.29. The second kappa shape index (κ2) is 11.1. The fourth-order valence-corrected chi connectivity index (χ4v) is 4.57. The molecule has 9 heteroatoms. The van der Waals surface area contributed by atoms with E-state index in [-0.39, 0.29) is 16.3 Å². The van der Waals surface area contributed by atoms with E-state index in [2.05, 4.69) is 4.72 Å². The lowest BCUT2D eigenvalue weighted by Gasteiger charge is -2.17. The summed E-state index contributed by atoms with van der Waals surface area (Å²) in [5, 5.41) is 0. The molecule has 0 aliphatic carbocycles. The molecular formula is C26H29NO7S. The van der Waals surface area contributed by atoms with Gasteiger partial charge in [0.15, 0.2) is 23.0 Å². The van der Waals surface area contributed by atoms with Crippen LogP contribution < -0.4 is 28.4 Å². The molecule has 0 aliphatic rings. The van der Waals surface area contributed by atoms with Crippen LogP contribution in [0.3, 0.4) is 0 Å². The molecule has 0 aromatic heterocycles. The summed E-state index contributed by atoms with van der Waals surface area (Å²) in [7, 11) is 3.65. The van der Waals surface area contributed by atoms with Crippen LogP contribution in [0.15, 0.2) is 53.4 Å². The maximum Gasteiger partial charge on any atom is 0.262 e. The molecule has 1 N–H and O–H groups in total. The van der Waals surface area contributed by atoms with Gasteiger partial charge in [0.25, 0.3) is 10.0 Å². The molecule has 3 aromatic rings. The Kier molecular flexibility index (Phi) is 8.14. The largest absolute Gasteiger partial charge is 0.493 e. The summed E-state index contributed by atoms with van der Waals surface area (Å²) >= 11 is 0. The molecule has 0 saturated carbocycles. The summed E-state index contributed by atoms with van der Waals surface area (Å²) in [5.41, 5.74) is 2.52. The zero-order valence-corrected chi connectivity index (χ0v) is 21.4. The summed E-state index contributed by atoms with van der Waals surface area (Å²) in [6.07, 6.45) is 3.56. The van der Waals surface area contributed by atoms with E-state index in [4.69, 9.17) is 23.7 Å². The first-order valence-corrected chi connectivity index (χ1v) is 12.1. The smallest absolute Gasteiger partial charge is 0.262 e. The van der Waals surface area contributed by atoms with Gasteiger partial charge in [-0.25, -0.2) is 8.42 Å². The summed E-state index contributed by atoms with van der Waals surface area (Å²) in [5.74, 6) is 2.12. The molecule has 8 nitrogen and oxygen atoms in total. The fraction of sp³-hybridized carbons (Fsp3) is 0.231. The Morgan fingerprint density at radius 2 is 1.26 bits per heavy atom. The zero-order chi connectivity index (χ0) is 25.6. The molecule has 0 saturated heterocycles. The van der Waals surface area contributed by atoms with E-state index in [0.29, 0.717) is 28.6 Å². The highest BCUT2D eigenvalue weighted by molar-refractivity contribution is 7.92. The second-order valence-corrected chi connectivity index (χ2v) is 9.16. The Hall–Kier alpha value is -3.85. The highest BCUT2D eigenvalue weighted by Gasteiger charge is 2.21. The Morgan fingerprint density at radius 1 is 0.686 bits per heavy atom. The average molecular weight is 500 g/mol. The van der Waals surface area contributed by atoms with E-state index >= 15 is 0 Å². The minimum Gasteiger partial charge on any atom is -0.493 e. The third-order valence-corrected chi connectivity index (χ3v) is 6.65. The molecule has 3 rings (SSSR count). The van der Waals surface area contributed by atoms with Crippen molar-refractivity contribution in [2.45, 2.75) is 11.8 Å². The zero-order valence-electron chi connectivity index (χ0n) is 20.5. The SMILES string of the molecule is COc1cc(/C=C\c2ccc(OC)c(OC)c2NS(=O)(=O)c2ccc(C)cc2)cc(OC)c1OC.